The van der Waals surface area contributed by atoms with Gasteiger partial charge in [-0.2, -0.15) is 26.3 Å². The highest BCUT2D eigenvalue weighted by Crippen LogP contribution is 2.31. The van der Waals surface area contributed by atoms with Gasteiger partial charge in [0.1, 0.15) is 0 Å². The van der Waals surface area contributed by atoms with Crippen LogP contribution in [0.1, 0.15) is 30.0 Å². The average molecular weight is 271 g/mol. The lowest BCUT2D eigenvalue weighted by molar-refractivity contribution is -0.137. The Morgan fingerprint density at radius 1 is 0.944 bits per heavy atom. The predicted molar refractivity (Wildman–Crippen MR) is 53.7 cm³/mol. The number of rotatable bonds is 3. The van der Waals surface area contributed by atoms with Gasteiger partial charge in [-0.05, 0) is 24.1 Å². The van der Waals surface area contributed by atoms with Crippen molar-refractivity contribution in [3.8, 4) is 0 Å². The fraction of sp³-hybridized carbons (Fsp3) is 0.455. The lowest BCUT2D eigenvalue weighted by Gasteiger charge is -2.14. The largest absolute Gasteiger partial charge is 0.416 e. The highest BCUT2D eigenvalue weighted by Gasteiger charge is 2.31. The highest BCUT2D eigenvalue weighted by molar-refractivity contribution is 5.26. The Bertz CT molecular complexity index is 378. The van der Waals surface area contributed by atoms with Gasteiger partial charge in [0, 0.05) is 12.5 Å². The van der Waals surface area contributed by atoms with E-state index >= 15 is 0 Å². The Balaban J connectivity index is 2.68. The summed E-state index contributed by atoms with van der Waals surface area (Å²) >= 11 is 0. The van der Waals surface area contributed by atoms with Crippen LogP contribution in [-0.2, 0) is 6.18 Å². The zero-order chi connectivity index (χ0) is 14.0. The second-order valence-electron chi connectivity index (χ2n) is 3.88. The zero-order valence-electron chi connectivity index (χ0n) is 9.15. The Morgan fingerprint density at radius 2 is 1.44 bits per heavy atom. The third-order valence-corrected chi connectivity index (χ3v) is 2.40. The molecule has 1 aromatic rings. The monoisotopic (exact) mass is 271 g/mol. The molecule has 102 valence electrons. The van der Waals surface area contributed by atoms with E-state index in [1.54, 1.807) is 0 Å². The normalized spacial score (nSPS) is 14.6. The van der Waals surface area contributed by atoms with Crippen LogP contribution < -0.4 is 5.73 Å². The molecule has 0 saturated heterocycles. The molecule has 0 aliphatic carbocycles. The summed E-state index contributed by atoms with van der Waals surface area (Å²) in [7, 11) is 0. The molecule has 1 atom stereocenters. The molecule has 0 saturated carbocycles. The molecule has 0 fully saturated rings. The first kappa shape index (κ1) is 14.8. The van der Waals surface area contributed by atoms with Crippen molar-refractivity contribution in [2.45, 2.75) is 31.2 Å². The van der Waals surface area contributed by atoms with Crippen LogP contribution >= 0.6 is 0 Å². The number of alkyl halides is 6. The van der Waals surface area contributed by atoms with Crippen molar-refractivity contribution in [1.29, 1.82) is 0 Å². The Hall–Kier alpha value is -1.24. The summed E-state index contributed by atoms with van der Waals surface area (Å²) in [5.41, 5.74) is 4.88. The molecule has 0 spiro atoms. The van der Waals surface area contributed by atoms with Crippen molar-refractivity contribution in [3.63, 3.8) is 0 Å². The van der Waals surface area contributed by atoms with Crippen molar-refractivity contribution in [1.82, 2.24) is 0 Å². The summed E-state index contributed by atoms with van der Waals surface area (Å²) in [6.07, 6.45) is -10.2. The SMILES string of the molecule is N[C@H](CCC(F)(F)F)c1ccc(C(F)(F)F)cc1. The van der Waals surface area contributed by atoms with Crippen LogP contribution in [0.25, 0.3) is 0 Å². The Morgan fingerprint density at radius 3 is 1.83 bits per heavy atom. The fourth-order valence-electron chi connectivity index (χ4n) is 1.41. The summed E-state index contributed by atoms with van der Waals surface area (Å²) in [5.74, 6) is 0. The predicted octanol–water partition coefficient (Wildman–Crippen LogP) is 4.05. The maximum Gasteiger partial charge on any atom is 0.416 e. The van der Waals surface area contributed by atoms with E-state index in [2.05, 4.69) is 0 Å². The van der Waals surface area contributed by atoms with Gasteiger partial charge in [0.25, 0.3) is 0 Å². The van der Waals surface area contributed by atoms with E-state index in [1.165, 1.54) is 0 Å². The molecule has 0 aromatic heterocycles. The van der Waals surface area contributed by atoms with Gasteiger partial charge < -0.3 is 5.73 Å². The third kappa shape index (κ3) is 4.56. The van der Waals surface area contributed by atoms with Crippen LogP contribution in [0.15, 0.2) is 24.3 Å². The fourth-order valence-corrected chi connectivity index (χ4v) is 1.41. The van der Waals surface area contributed by atoms with Crippen molar-refractivity contribution >= 4 is 0 Å². The van der Waals surface area contributed by atoms with E-state index in [0.29, 0.717) is 0 Å². The van der Waals surface area contributed by atoms with Gasteiger partial charge in [-0.3, -0.25) is 0 Å². The first-order valence-corrected chi connectivity index (χ1v) is 5.09. The standard InChI is InChI=1S/C11H11F6N/c12-10(13,14)6-5-9(18)7-1-3-8(4-2-7)11(15,16)17/h1-4,9H,5-6,18H2/t9-/m1/s1. The Labute approximate surface area is 99.6 Å². The number of hydrogen-bond donors (Lipinski definition) is 1. The van der Waals surface area contributed by atoms with Crippen LogP contribution in [0.4, 0.5) is 26.3 Å². The second-order valence-corrected chi connectivity index (χ2v) is 3.88. The van der Waals surface area contributed by atoms with E-state index in [4.69, 9.17) is 5.73 Å². The van der Waals surface area contributed by atoms with Crippen molar-refractivity contribution in [2.75, 3.05) is 0 Å². The van der Waals surface area contributed by atoms with Crippen molar-refractivity contribution in [2.24, 2.45) is 5.73 Å². The van der Waals surface area contributed by atoms with Gasteiger partial charge in [0.2, 0.25) is 0 Å². The lowest BCUT2D eigenvalue weighted by atomic mass is 10.0. The van der Waals surface area contributed by atoms with Gasteiger partial charge >= 0.3 is 12.4 Å². The molecule has 7 heteroatoms. The molecule has 0 radical (unpaired) electrons. The van der Waals surface area contributed by atoms with Gasteiger partial charge in [-0.25, -0.2) is 0 Å². The third-order valence-electron chi connectivity index (χ3n) is 2.40. The number of halogens is 6. The number of nitrogens with two attached hydrogens (primary N) is 1. The molecule has 0 aliphatic heterocycles. The molecular formula is C11H11F6N. The summed E-state index contributed by atoms with van der Waals surface area (Å²) in [6.45, 7) is 0. The number of hydrogen-bond acceptors (Lipinski definition) is 1. The van der Waals surface area contributed by atoms with E-state index in [1.807, 2.05) is 0 Å². The van der Waals surface area contributed by atoms with Gasteiger partial charge in [-0.15, -0.1) is 0 Å². The van der Waals surface area contributed by atoms with Crippen LogP contribution in [0.5, 0.6) is 0 Å². The summed E-state index contributed by atoms with van der Waals surface area (Å²) < 4.78 is 72.6. The first-order chi connectivity index (χ1) is 8.09. The van der Waals surface area contributed by atoms with Crippen molar-refractivity contribution < 1.29 is 26.3 Å². The molecule has 0 aliphatic rings. The second kappa shape index (κ2) is 5.17. The van der Waals surface area contributed by atoms with Crippen molar-refractivity contribution in [3.05, 3.63) is 35.4 Å². The smallest absolute Gasteiger partial charge is 0.324 e. The molecule has 1 rings (SSSR count). The van der Waals surface area contributed by atoms with E-state index in [0.717, 1.165) is 24.3 Å². The molecular weight excluding hydrogens is 260 g/mol. The topological polar surface area (TPSA) is 26.0 Å². The Kier molecular flexibility index (Phi) is 4.26. The molecule has 2 N–H and O–H groups in total. The first-order valence-electron chi connectivity index (χ1n) is 5.09. The lowest BCUT2D eigenvalue weighted by Crippen LogP contribution is -2.16. The van der Waals surface area contributed by atoms with Gasteiger partial charge in [0.05, 0.1) is 5.56 Å². The molecule has 0 amide bonds. The van der Waals surface area contributed by atoms with Gasteiger partial charge in [0.15, 0.2) is 0 Å². The maximum absolute atomic E-state index is 12.2. The van der Waals surface area contributed by atoms with E-state index in [-0.39, 0.29) is 12.0 Å². The van der Waals surface area contributed by atoms with Gasteiger partial charge in [-0.1, -0.05) is 12.1 Å². The molecule has 18 heavy (non-hydrogen) atoms. The molecule has 1 aromatic carbocycles. The summed E-state index contributed by atoms with van der Waals surface area (Å²) in [5, 5.41) is 0. The van der Waals surface area contributed by atoms with Crippen LogP contribution in [-0.4, -0.2) is 6.18 Å². The number of benzene rings is 1. The minimum absolute atomic E-state index is 0.257. The average Bonchev–Trinajstić information content (AvgIpc) is 2.24. The van der Waals surface area contributed by atoms with Crippen LogP contribution in [0.3, 0.4) is 0 Å². The quantitative estimate of drug-likeness (QED) is 0.825. The van der Waals surface area contributed by atoms with Crippen LogP contribution in [0, 0.1) is 0 Å². The molecule has 0 unspecified atom stereocenters. The maximum atomic E-state index is 12.2. The molecule has 0 bridgehead atoms. The summed E-state index contributed by atoms with van der Waals surface area (Å²) in [6, 6.07) is 2.90. The highest BCUT2D eigenvalue weighted by atomic mass is 19.4. The molecule has 0 heterocycles. The zero-order valence-corrected chi connectivity index (χ0v) is 9.15. The van der Waals surface area contributed by atoms with E-state index < -0.39 is 30.4 Å². The molecule has 1 nitrogen and oxygen atoms in total. The minimum atomic E-state index is -4.46. The van der Waals surface area contributed by atoms with Crippen LogP contribution in [0.2, 0.25) is 0 Å². The minimum Gasteiger partial charge on any atom is -0.324 e. The van der Waals surface area contributed by atoms with E-state index in [9.17, 15) is 26.3 Å². The summed E-state index contributed by atoms with van der Waals surface area (Å²) in [4.78, 5) is 0.